The Balaban J connectivity index is 1.69. The molecule has 3 aliphatic heterocycles. The van der Waals surface area contributed by atoms with Crippen molar-refractivity contribution >= 4 is 107 Å². The number of aliphatic imine (C=N–C) groups is 1. The number of guanidine groups is 1. The molecule has 0 aromatic rings. The summed E-state index contributed by atoms with van der Waals surface area (Å²) in [5, 5.41) is 57.3. The number of rotatable bonds is 45. The third-order valence-corrected chi connectivity index (χ3v) is 17.3. The van der Waals surface area contributed by atoms with E-state index in [4.69, 9.17) is 22.9 Å². The van der Waals surface area contributed by atoms with Gasteiger partial charge in [-0.15, -0.1) is 0 Å². The van der Waals surface area contributed by atoms with Crippen LogP contribution >= 0.6 is 11.8 Å². The Bertz CT molecular complexity index is 2740. The molecule has 3 heterocycles. The zero-order valence-electron chi connectivity index (χ0n) is 54.6. The fraction of sp³-hybridized carbons (Fsp3) is 0.729. The molecule has 0 spiro atoms. The number of nitrogens with zero attached hydrogens (tertiary/aromatic N) is 2. The van der Waals surface area contributed by atoms with Crippen molar-refractivity contribution in [1.82, 2.24) is 63.4 Å². The van der Waals surface area contributed by atoms with Gasteiger partial charge in [-0.1, -0.05) is 34.1 Å². The van der Waals surface area contributed by atoms with Crippen molar-refractivity contribution < 1.29 is 87.2 Å². The van der Waals surface area contributed by atoms with Crippen LogP contribution in [0.4, 0.5) is 4.79 Å². The topological polar surface area (TPSA) is 569 Å². The van der Waals surface area contributed by atoms with Gasteiger partial charge in [-0.25, -0.2) is 9.59 Å². The maximum absolute atomic E-state index is 14.1. The molecule has 36 heteroatoms. The number of nitrogens with two attached hydrogens (primary N) is 4. The lowest BCUT2D eigenvalue weighted by molar-refractivity contribution is -0.143. The van der Waals surface area contributed by atoms with Crippen LogP contribution in [0, 0.1) is 11.8 Å². The van der Waals surface area contributed by atoms with Crippen LogP contribution in [0.25, 0.3) is 0 Å². The maximum atomic E-state index is 14.1. The predicted octanol–water partition coefficient (Wildman–Crippen LogP) is -3.93. The fourth-order valence-corrected chi connectivity index (χ4v) is 12.4. The number of carbonyl (C=O) groups excluding carboxylic acids is 12. The first-order chi connectivity index (χ1) is 44.8. The smallest absolute Gasteiger partial charge is 0.326 e. The highest BCUT2D eigenvalue weighted by atomic mass is 32.2. The van der Waals surface area contributed by atoms with Crippen LogP contribution in [0.3, 0.4) is 0 Å². The third kappa shape index (κ3) is 29.7. The van der Waals surface area contributed by atoms with E-state index < -0.39 is 176 Å². The van der Waals surface area contributed by atoms with Gasteiger partial charge in [0.15, 0.2) is 5.96 Å². The normalized spacial score (nSPS) is 18.9. The maximum Gasteiger partial charge on any atom is 0.326 e. The molecule has 0 saturated carbocycles. The molecule has 0 aromatic carbocycles. The number of carbonyl (C=O) groups is 15. The Morgan fingerprint density at radius 2 is 1.12 bits per heavy atom. The molecule has 0 radical (unpaired) electrons. The van der Waals surface area contributed by atoms with Crippen molar-refractivity contribution in [2.75, 3.05) is 31.9 Å². The summed E-state index contributed by atoms with van der Waals surface area (Å²) in [4.78, 5) is 201. The highest BCUT2D eigenvalue weighted by Gasteiger charge is 2.43. The Hall–Kier alpha value is -8.57. The number of fused-ring (bicyclic) bond motifs is 1. The SMILES string of the molecule is CC(C)C[C@H](NC(=O)CNC(=O)[C@H](CC(C)C)NC(=O)[C@@H]1CCCN1C(=O)[C@H](CCC(=O)O)NC(=O)CCCCC1SCC2NC(=O)NC21)C(=O)N[C@@H](CCCCN)C(=O)N[C@@H](C)C(=O)N[C@@H](CCC(=O)O)C(=O)N[C@@H](CCCN=C(N)N)C(=O)N[C@@H](CCC(N)=O)C(=O)O. The summed E-state index contributed by atoms with van der Waals surface area (Å²) in [5.41, 5.74) is 21.7. The summed E-state index contributed by atoms with van der Waals surface area (Å²) in [6.07, 6.45) is 0.396. The van der Waals surface area contributed by atoms with Gasteiger partial charge in [0.2, 0.25) is 65.0 Å². The molecular weight excluding hydrogens is 1270 g/mol. The van der Waals surface area contributed by atoms with Crippen LogP contribution in [-0.4, -0.2) is 219 Å². The van der Waals surface area contributed by atoms with E-state index in [0.29, 0.717) is 32.1 Å². The van der Waals surface area contributed by atoms with E-state index in [1.807, 2.05) is 0 Å². The standard InChI is InChI=1S/C59H99N17O18S/c1-30(2)26-38(73-55(90)41-14-11-25-76(41)56(91)36(19-22-47(82)83)67-44(78)16-7-6-15-42-48-40(29-95-42)74-59(94)75-48)50(85)65-28-45(79)68-39(27-31(3)4)54(89)71-33(12-8-9-23-60)51(86)66-32(5)49(84)69-35(18-21-46(80)81)53(88)70-34(13-10-24-64-58(62)63)52(87)72-37(57(92)93)17-20-43(61)77/h30-42,48H,6-29,60H2,1-5H3,(H2,61,77)(H,65,85)(H,66,86)(H,67,78)(H,68,79)(H,69,84)(H,70,88)(H,71,89)(H,72,87)(H,73,90)(H,80,81)(H,82,83)(H,92,93)(H4,62,63,64)(H2,74,75,94)/t32-,33-,34-,35-,36-,37-,38-,39-,40?,41-,42?,48?/m0/s1. The molecule has 22 N–H and O–H groups in total. The molecule has 3 unspecified atom stereocenters. The molecule has 3 saturated heterocycles. The monoisotopic (exact) mass is 1370 g/mol. The second-order valence-electron chi connectivity index (χ2n) is 24.8. The number of hydrogen-bond donors (Lipinski definition) is 18. The van der Waals surface area contributed by atoms with E-state index in [9.17, 15) is 87.2 Å². The number of amides is 13. The lowest BCUT2D eigenvalue weighted by Crippen LogP contribution is -2.59. The number of primary amides is 1. The number of nitrogens with one attached hydrogen (secondary N) is 11. The molecule has 12 atom stereocenters. The van der Waals surface area contributed by atoms with Gasteiger partial charge >= 0.3 is 23.9 Å². The lowest BCUT2D eigenvalue weighted by Gasteiger charge is -2.30. The molecule has 0 aliphatic carbocycles. The molecule has 3 rings (SSSR count). The van der Waals surface area contributed by atoms with Crippen LogP contribution in [0.5, 0.6) is 0 Å². The lowest BCUT2D eigenvalue weighted by atomic mass is 10.0. The number of carboxylic acid groups (broad SMARTS) is 3. The highest BCUT2D eigenvalue weighted by molar-refractivity contribution is 8.00. The van der Waals surface area contributed by atoms with Gasteiger partial charge in [-0.05, 0) is 115 Å². The first-order valence-electron chi connectivity index (χ1n) is 32.2. The van der Waals surface area contributed by atoms with Crippen LogP contribution in [0.1, 0.15) is 157 Å². The van der Waals surface area contributed by atoms with E-state index in [1.54, 1.807) is 39.5 Å². The highest BCUT2D eigenvalue weighted by Crippen LogP contribution is 2.33. The van der Waals surface area contributed by atoms with Gasteiger partial charge in [0.1, 0.15) is 54.4 Å². The van der Waals surface area contributed by atoms with Crippen molar-refractivity contribution in [3.05, 3.63) is 0 Å². The zero-order chi connectivity index (χ0) is 71.1. The summed E-state index contributed by atoms with van der Waals surface area (Å²) in [6, 6.07) is -12.7. The van der Waals surface area contributed by atoms with Gasteiger partial charge in [-0.2, -0.15) is 11.8 Å². The van der Waals surface area contributed by atoms with Crippen molar-refractivity contribution in [2.24, 2.45) is 39.8 Å². The van der Waals surface area contributed by atoms with E-state index in [-0.39, 0.29) is 112 Å². The van der Waals surface area contributed by atoms with Gasteiger partial charge in [0.25, 0.3) is 0 Å². The van der Waals surface area contributed by atoms with Crippen LogP contribution < -0.4 is 81.4 Å². The molecule has 3 fully saturated rings. The fourth-order valence-electron chi connectivity index (χ4n) is 10.9. The summed E-state index contributed by atoms with van der Waals surface area (Å²) >= 11 is 1.74. The Morgan fingerprint density at radius 3 is 1.69 bits per heavy atom. The quantitative estimate of drug-likeness (QED) is 0.0120. The van der Waals surface area contributed by atoms with E-state index >= 15 is 0 Å². The molecule has 0 aromatic heterocycles. The second-order valence-corrected chi connectivity index (χ2v) is 26.0. The Morgan fingerprint density at radius 1 is 0.579 bits per heavy atom. The van der Waals surface area contributed by atoms with Crippen molar-refractivity contribution in [3.63, 3.8) is 0 Å². The van der Waals surface area contributed by atoms with E-state index in [2.05, 4.69) is 63.5 Å². The summed E-state index contributed by atoms with van der Waals surface area (Å²) in [7, 11) is 0. The van der Waals surface area contributed by atoms with E-state index in [0.717, 1.165) is 12.2 Å². The number of carboxylic acids is 3. The van der Waals surface area contributed by atoms with Gasteiger partial charge in [0.05, 0.1) is 18.6 Å². The number of aliphatic carboxylic acids is 3. The minimum atomic E-state index is -1.66. The van der Waals surface area contributed by atoms with Gasteiger partial charge < -0.3 is 102 Å². The second kappa shape index (κ2) is 41.3. The number of urea groups is 1. The molecule has 3 aliphatic rings. The van der Waals surface area contributed by atoms with E-state index in [1.165, 1.54) is 11.8 Å². The molecule has 13 amide bonds. The molecule has 95 heavy (non-hydrogen) atoms. The predicted molar refractivity (Wildman–Crippen MR) is 344 cm³/mol. The molecule has 534 valence electrons. The Labute approximate surface area is 555 Å². The van der Waals surface area contributed by atoms with Crippen LogP contribution in [0.2, 0.25) is 0 Å². The molecular formula is C59H99N17O18S. The number of thioether (sulfide) groups is 1. The van der Waals surface area contributed by atoms with Crippen molar-refractivity contribution in [2.45, 2.75) is 228 Å². The number of hydrogen-bond acceptors (Lipinski definition) is 18. The third-order valence-electron chi connectivity index (χ3n) is 15.8. The minimum Gasteiger partial charge on any atom is -0.481 e. The summed E-state index contributed by atoms with van der Waals surface area (Å²) in [6.45, 7) is 7.91. The Kier molecular flexibility index (Phi) is 35.1. The number of likely N-dealkylation sites (tertiary alicyclic amines) is 1. The van der Waals surface area contributed by atoms with Gasteiger partial charge in [-0.3, -0.25) is 67.3 Å². The first kappa shape index (κ1) is 80.7. The van der Waals surface area contributed by atoms with Crippen molar-refractivity contribution in [1.29, 1.82) is 0 Å². The zero-order valence-corrected chi connectivity index (χ0v) is 55.4. The summed E-state index contributed by atoms with van der Waals surface area (Å²) < 4.78 is 0. The largest absolute Gasteiger partial charge is 0.481 e. The summed E-state index contributed by atoms with van der Waals surface area (Å²) in [5.74, 6) is -13.2. The number of unbranched alkanes of at least 4 members (excludes halogenated alkanes) is 2. The average Bonchev–Trinajstić information content (AvgIpc) is 1.81. The van der Waals surface area contributed by atoms with Crippen LogP contribution in [-0.2, 0) is 67.1 Å². The van der Waals surface area contributed by atoms with Gasteiger partial charge in [0, 0.05) is 49.8 Å². The molecule has 0 bridgehead atoms. The molecule has 35 nitrogen and oxygen atoms in total. The average molecular weight is 1370 g/mol. The first-order valence-corrected chi connectivity index (χ1v) is 33.2. The minimum absolute atomic E-state index is 0.00125. The van der Waals surface area contributed by atoms with Crippen molar-refractivity contribution in [3.8, 4) is 0 Å². The van der Waals surface area contributed by atoms with Crippen LogP contribution in [0.15, 0.2) is 4.99 Å².